The molecule has 0 amide bonds. The first kappa shape index (κ1) is 24.1. The molecule has 2 aromatic heterocycles. The molecule has 0 radical (unpaired) electrons. The molecule has 0 aliphatic rings. The molecule has 0 saturated heterocycles. The molecule has 0 spiro atoms. The van der Waals surface area contributed by atoms with E-state index in [4.69, 9.17) is 30.8 Å². The van der Waals surface area contributed by atoms with Crippen molar-refractivity contribution in [3.05, 3.63) is 76.9 Å². The largest absolute Gasteiger partial charge is 0.493 e. The number of anilines is 1. The molecule has 4 rings (SSSR count). The van der Waals surface area contributed by atoms with Gasteiger partial charge in [-0.3, -0.25) is 9.20 Å². The molecule has 8 nitrogen and oxygen atoms in total. The third kappa shape index (κ3) is 5.22. The maximum absolute atomic E-state index is 12.7. The van der Waals surface area contributed by atoms with Gasteiger partial charge in [-0.1, -0.05) is 29.8 Å². The molecule has 1 N–H and O–H groups in total. The highest BCUT2D eigenvalue weighted by Gasteiger charge is 2.19. The number of esters is 2. The third-order valence-electron chi connectivity index (χ3n) is 5.29. The molecule has 0 bridgehead atoms. The van der Waals surface area contributed by atoms with Crippen LogP contribution in [0, 0.1) is 6.92 Å². The van der Waals surface area contributed by atoms with Crippen LogP contribution in [0.5, 0.6) is 11.5 Å². The monoisotopic (exact) mass is 493 g/mol. The van der Waals surface area contributed by atoms with Gasteiger partial charge in [0, 0.05) is 11.8 Å². The number of hydrogen-bond acceptors (Lipinski definition) is 7. The first-order chi connectivity index (χ1) is 16.9. The maximum atomic E-state index is 12.7. The number of carbonyl (C=O) groups excluding carboxylic acids is 2. The maximum Gasteiger partial charge on any atom is 0.343 e. The van der Waals surface area contributed by atoms with Crippen LogP contribution in [0.2, 0.25) is 5.02 Å². The lowest BCUT2D eigenvalue weighted by atomic mass is 10.1. The summed E-state index contributed by atoms with van der Waals surface area (Å²) in [6.07, 6.45) is 1.70. The first-order valence-corrected chi connectivity index (χ1v) is 11.3. The lowest BCUT2D eigenvalue weighted by molar-refractivity contribution is -0.140. The summed E-state index contributed by atoms with van der Waals surface area (Å²) in [5, 5.41) is 3.61. The van der Waals surface area contributed by atoms with Crippen molar-refractivity contribution in [3.63, 3.8) is 0 Å². The van der Waals surface area contributed by atoms with Crippen LogP contribution in [0.15, 0.2) is 60.8 Å². The van der Waals surface area contributed by atoms with E-state index in [0.717, 1.165) is 5.56 Å². The molecule has 0 aliphatic heterocycles. The second kappa shape index (κ2) is 10.5. The molecule has 4 aromatic rings. The van der Waals surface area contributed by atoms with E-state index in [1.54, 1.807) is 60.0 Å². The van der Waals surface area contributed by atoms with E-state index in [1.165, 1.54) is 7.11 Å². The van der Waals surface area contributed by atoms with Gasteiger partial charge in [-0.25, -0.2) is 9.78 Å². The summed E-state index contributed by atoms with van der Waals surface area (Å²) < 4.78 is 17.9. The summed E-state index contributed by atoms with van der Waals surface area (Å²) in [7, 11) is 1.49. The van der Waals surface area contributed by atoms with Gasteiger partial charge in [-0.15, -0.1) is 0 Å². The minimum absolute atomic E-state index is 0.0512. The van der Waals surface area contributed by atoms with Gasteiger partial charge >= 0.3 is 11.9 Å². The fourth-order valence-corrected chi connectivity index (χ4v) is 3.77. The zero-order chi connectivity index (χ0) is 24.9. The molecule has 35 heavy (non-hydrogen) atoms. The number of pyridine rings is 1. The van der Waals surface area contributed by atoms with Crippen LogP contribution in [0.1, 0.15) is 22.8 Å². The predicted molar refractivity (Wildman–Crippen MR) is 133 cm³/mol. The number of nitrogens with one attached hydrogen (secondary N) is 1. The third-order valence-corrected chi connectivity index (χ3v) is 5.52. The van der Waals surface area contributed by atoms with Crippen LogP contribution < -0.4 is 14.8 Å². The number of rotatable bonds is 8. The summed E-state index contributed by atoms with van der Waals surface area (Å²) in [5.41, 5.74) is 3.16. The second-order valence-electron chi connectivity index (χ2n) is 7.61. The van der Waals surface area contributed by atoms with E-state index in [9.17, 15) is 9.59 Å². The van der Waals surface area contributed by atoms with Crippen LogP contribution in [0.3, 0.4) is 0 Å². The Hall–Kier alpha value is -4.04. The van der Waals surface area contributed by atoms with E-state index in [-0.39, 0.29) is 18.9 Å². The van der Waals surface area contributed by atoms with Gasteiger partial charge in [0.1, 0.15) is 23.7 Å². The van der Waals surface area contributed by atoms with Crippen molar-refractivity contribution in [1.82, 2.24) is 9.38 Å². The summed E-state index contributed by atoms with van der Waals surface area (Å²) in [6.45, 7) is 3.82. The number of aromatic nitrogens is 2. The van der Waals surface area contributed by atoms with Gasteiger partial charge < -0.3 is 19.5 Å². The van der Waals surface area contributed by atoms with Gasteiger partial charge in [0.2, 0.25) is 0 Å². The highest BCUT2D eigenvalue weighted by molar-refractivity contribution is 6.30. The van der Waals surface area contributed by atoms with Crippen molar-refractivity contribution in [2.24, 2.45) is 0 Å². The van der Waals surface area contributed by atoms with Gasteiger partial charge in [0.25, 0.3) is 0 Å². The summed E-state index contributed by atoms with van der Waals surface area (Å²) in [5.74, 6) is 0.315. The smallest absolute Gasteiger partial charge is 0.343 e. The summed E-state index contributed by atoms with van der Waals surface area (Å²) in [4.78, 5) is 29.4. The molecule has 2 heterocycles. The molecule has 0 unspecified atom stereocenters. The number of methoxy groups -OCH3 is 1. The van der Waals surface area contributed by atoms with Gasteiger partial charge in [-0.05, 0) is 55.8 Å². The first-order valence-electron chi connectivity index (χ1n) is 10.9. The number of carbonyl (C=O) groups is 2. The molecule has 0 saturated carbocycles. The number of hydrogen-bond donors (Lipinski definition) is 1. The van der Waals surface area contributed by atoms with E-state index >= 15 is 0 Å². The van der Waals surface area contributed by atoms with Crippen LogP contribution in [0.25, 0.3) is 16.9 Å². The zero-order valence-corrected chi connectivity index (χ0v) is 20.3. The Morgan fingerprint density at radius 2 is 1.89 bits per heavy atom. The van der Waals surface area contributed by atoms with Crippen LogP contribution in [-0.4, -0.2) is 41.6 Å². The molecule has 9 heteroatoms. The predicted octanol–water partition coefficient (Wildman–Crippen LogP) is 5.17. The number of halogens is 1. The minimum atomic E-state index is -0.478. The molecule has 0 aliphatic carbocycles. The van der Waals surface area contributed by atoms with Crippen LogP contribution in [0.4, 0.5) is 5.82 Å². The standard InChI is InChI=1S/C26H24ClN3O5/c1-4-34-23(31)14-28-25-24(29-22-12-10-18(27)15-30(22)25)17-9-11-20(21(13-17)33-3)35-26(32)19-8-6-5-7-16(19)2/h5-13,15,28H,4,14H2,1-3H3. The lowest BCUT2D eigenvalue weighted by Crippen LogP contribution is -2.17. The molecule has 2 aromatic carbocycles. The Morgan fingerprint density at radius 3 is 2.63 bits per heavy atom. The highest BCUT2D eigenvalue weighted by Crippen LogP contribution is 2.36. The zero-order valence-electron chi connectivity index (χ0n) is 19.5. The average Bonchev–Trinajstić information content (AvgIpc) is 3.21. The van der Waals surface area contributed by atoms with E-state index < -0.39 is 11.9 Å². The molecular formula is C26H24ClN3O5. The van der Waals surface area contributed by atoms with Crippen molar-refractivity contribution >= 4 is 35.0 Å². The fourth-order valence-electron chi connectivity index (χ4n) is 3.61. The lowest BCUT2D eigenvalue weighted by Gasteiger charge is -2.12. The number of ether oxygens (including phenoxy) is 3. The van der Waals surface area contributed by atoms with Gasteiger partial charge in [0.05, 0.1) is 24.3 Å². The Balaban J connectivity index is 1.70. The number of benzene rings is 2. The topological polar surface area (TPSA) is 91.2 Å². The van der Waals surface area contributed by atoms with Crippen molar-refractivity contribution in [3.8, 4) is 22.8 Å². The second-order valence-corrected chi connectivity index (χ2v) is 8.05. The van der Waals surface area contributed by atoms with Gasteiger partial charge in [0.15, 0.2) is 11.5 Å². The normalized spacial score (nSPS) is 10.7. The molecule has 0 fully saturated rings. The highest BCUT2D eigenvalue weighted by atomic mass is 35.5. The fraction of sp³-hybridized carbons (Fsp3) is 0.192. The van der Waals surface area contributed by atoms with Gasteiger partial charge in [-0.2, -0.15) is 0 Å². The number of imidazole rings is 1. The molecule has 180 valence electrons. The van der Waals surface area contributed by atoms with Crippen molar-refractivity contribution in [1.29, 1.82) is 0 Å². The summed E-state index contributed by atoms with van der Waals surface area (Å²) in [6, 6.07) is 15.8. The average molecular weight is 494 g/mol. The Morgan fingerprint density at radius 1 is 1.09 bits per heavy atom. The van der Waals surface area contributed by atoms with E-state index in [2.05, 4.69) is 5.32 Å². The van der Waals surface area contributed by atoms with Crippen molar-refractivity contribution in [2.45, 2.75) is 13.8 Å². The number of aryl methyl sites for hydroxylation is 1. The van der Waals surface area contributed by atoms with Crippen molar-refractivity contribution in [2.75, 3.05) is 25.6 Å². The van der Waals surface area contributed by atoms with Crippen LogP contribution in [-0.2, 0) is 9.53 Å². The summed E-state index contributed by atoms with van der Waals surface area (Å²) >= 11 is 6.20. The molecule has 0 atom stereocenters. The number of fused-ring (bicyclic) bond motifs is 1. The quantitative estimate of drug-likeness (QED) is 0.267. The van der Waals surface area contributed by atoms with E-state index in [0.29, 0.717) is 39.1 Å². The minimum Gasteiger partial charge on any atom is -0.493 e. The Labute approximate surface area is 207 Å². The van der Waals surface area contributed by atoms with Crippen molar-refractivity contribution < 1.29 is 23.8 Å². The van der Waals surface area contributed by atoms with E-state index in [1.807, 2.05) is 19.1 Å². The molecular weight excluding hydrogens is 470 g/mol. The number of nitrogens with zero attached hydrogens (tertiary/aromatic N) is 2. The van der Waals surface area contributed by atoms with Crippen LogP contribution >= 0.6 is 11.6 Å². The SMILES string of the molecule is CCOC(=O)CNc1c(-c2ccc(OC(=O)c3ccccc3C)c(OC)c2)nc2ccc(Cl)cn12. The Kier molecular flexibility index (Phi) is 7.22. The Bertz CT molecular complexity index is 1400.